The molecular weight excluding hydrogens is 424 g/mol. The molecule has 180 valence electrons. The lowest BCUT2D eigenvalue weighted by Gasteiger charge is -2.25. The Kier molecular flexibility index (Phi) is 7.35. The average Bonchev–Trinajstić information content (AvgIpc) is 3.27. The summed E-state index contributed by atoms with van der Waals surface area (Å²) in [7, 11) is 0. The molecule has 1 saturated carbocycles. The second kappa shape index (κ2) is 10.4. The van der Waals surface area contributed by atoms with Gasteiger partial charge in [-0.25, -0.2) is 4.68 Å². The van der Waals surface area contributed by atoms with Gasteiger partial charge in [-0.3, -0.25) is 4.79 Å². The Morgan fingerprint density at radius 2 is 1.79 bits per heavy atom. The van der Waals surface area contributed by atoms with Gasteiger partial charge in [-0.2, -0.15) is 0 Å². The minimum Gasteiger partial charge on any atom is -0.493 e. The summed E-state index contributed by atoms with van der Waals surface area (Å²) in [6.45, 7) is 9.56. The molecule has 1 amide bonds. The number of benzene rings is 2. The second-order valence-electron chi connectivity index (χ2n) is 10.4. The van der Waals surface area contributed by atoms with Gasteiger partial charge in [0.25, 0.3) is 0 Å². The van der Waals surface area contributed by atoms with E-state index in [1.54, 1.807) is 0 Å². The van der Waals surface area contributed by atoms with Crippen molar-refractivity contribution < 1.29 is 9.53 Å². The number of nitrogens with one attached hydrogen (secondary N) is 1. The van der Waals surface area contributed by atoms with Crippen LogP contribution in [0.1, 0.15) is 75.7 Å². The number of ether oxygens (including phenoxy) is 1. The summed E-state index contributed by atoms with van der Waals surface area (Å²) in [6.07, 6.45) is 5.81. The van der Waals surface area contributed by atoms with Crippen LogP contribution in [-0.4, -0.2) is 27.5 Å². The molecule has 0 bridgehead atoms. The number of carbonyl (C=O) groups is 1. The van der Waals surface area contributed by atoms with Crippen LogP contribution in [0.3, 0.4) is 0 Å². The van der Waals surface area contributed by atoms with Gasteiger partial charge in [-0.15, -0.1) is 5.10 Å². The van der Waals surface area contributed by atoms with Crippen molar-refractivity contribution >= 4 is 5.91 Å². The predicted molar refractivity (Wildman–Crippen MR) is 134 cm³/mol. The molecule has 1 N–H and O–H groups in total. The minimum atomic E-state index is -0.255. The van der Waals surface area contributed by atoms with E-state index < -0.39 is 0 Å². The SMILES string of the molecule is C[C@H](C(=O)N[C@@H](Cn1cc(C(C)(C)C)nn1)c1ccc(OCC2CCC2)cc1)c1ccccc1. The van der Waals surface area contributed by atoms with Gasteiger partial charge in [0.05, 0.1) is 30.8 Å². The molecule has 1 fully saturated rings. The molecule has 4 rings (SSSR count). The van der Waals surface area contributed by atoms with Gasteiger partial charge in [0.15, 0.2) is 0 Å². The molecule has 0 saturated heterocycles. The van der Waals surface area contributed by atoms with Gasteiger partial charge >= 0.3 is 0 Å². The van der Waals surface area contributed by atoms with Gasteiger partial charge in [0, 0.05) is 11.6 Å². The summed E-state index contributed by atoms with van der Waals surface area (Å²) in [4.78, 5) is 13.2. The molecule has 1 aliphatic carbocycles. The van der Waals surface area contributed by atoms with Crippen LogP contribution < -0.4 is 10.1 Å². The highest BCUT2D eigenvalue weighted by atomic mass is 16.5. The third-order valence-corrected chi connectivity index (χ3v) is 6.68. The Hall–Kier alpha value is -3.15. The van der Waals surface area contributed by atoms with E-state index in [0.29, 0.717) is 12.5 Å². The van der Waals surface area contributed by atoms with Gasteiger partial charge in [-0.1, -0.05) is 74.9 Å². The van der Waals surface area contributed by atoms with Gasteiger partial charge in [0.1, 0.15) is 5.75 Å². The van der Waals surface area contributed by atoms with Crippen molar-refractivity contribution in [3.05, 3.63) is 77.6 Å². The standard InChI is InChI=1S/C28H36N4O2/c1-20(22-11-6-5-7-12-22)27(33)29-25(17-32-18-26(30-31-32)28(2,3)4)23-13-15-24(16-14-23)34-19-21-9-8-10-21/h5-7,11-16,18,20-21,25H,8-10,17,19H2,1-4H3,(H,29,33)/t20-,25-/m0/s1. The first-order valence-corrected chi connectivity index (χ1v) is 12.3. The number of hydrogen-bond acceptors (Lipinski definition) is 4. The molecule has 0 spiro atoms. The third-order valence-electron chi connectivity index (χ3n) is 6.68. The van der Waals surface area contributed by atoms with Crippen molar-refractivity contribution in [3.8, 4) is 5.75 Å². The molecular formula is C28H36N4O2. The third kappa shape index (κ3) is 6.04. The Labute approximate surface area is 202 Å². The Balaban J connectivity index is 1.50. The van der Waals surface area contributed by atoms with E-state index >= 15 is 0 Å². The fourth-order valence-electron chi connectivity index (χ4n) is 4.01. The topological polar surface area (TPSA) is 69.0 Å². The first-order valence-electron chi connectivity index (χ1n) is 12.3. The molecule has 1 aliphatic rings. The largest absolute Gasteiger partial charge is 0.493 e. The molecule has 0 unspecified atom stereocenters. The highest BCUT2D eigenvalue weighted by Gasteiger charge is 2.23. The van der Waals surface area contributed by atoms with Crippen LogP contribution in [-0.2, 0) is 16.8 Å². The van der Waals surface area contributed by atoms with Crippen LogP contribution in [0.4, 0.5) is 0 Å². The van der Waals surface area contributed by atoms with E-state index in [0.717, 1.165) is 29.2 Å². The molecule has 3 aromatic rings. The minimum absolute atomic E-state index is 0.0160. The van der Waals surface area contributed by atoms with Gasteiger partial charge in [0.2, 0.25) is 5.91 Å². The van der Waals surface area contributed by atoms with Crippen molar-refractivity contribution in [2.24, 2.45) is 5.92 Å². The first kappa shape index (κ1) is 24.0. The number of hydrogen-bond donors (Lipinski definition) is 1. The van der Waals surface area contributed by atoms with E-state index in [1.807, 2.05) is 72.4 Å². The maximum absolute atomic E-state index is 13.2. The summed E-state index contributed by atoms with van der Waals surface area (Å²) in [5, 5.41) is 11.9. The van der Waals surface area contributed by atoms with Gasteiger partial charge < -0.3 is 10.1 Å². The fourth-order valence-corrected chi connectivity index (χ4v) is 4.01. The average molecular weight is 461 g/mol. The van der Waals surface area contributed by atoms with Crippen molar-refractivity contribution in [2.75, 3.05) is 6.61 Å². The monoisotopic (exact) mass is 460 g/mol. The van der Waals surface area contributed by atoms with E-state index in [2.05, 4.69) is 36.4 Å². The first-order chi connectivity index (χ1) is 16.3. The van der Waals surface area contributed by atoms with E-state index in [1.165, 1.54) is 19.3 Å². The van der Waals surface area contributed by atoms with E-state index in [-0.39, 0.29) is 23.3 Å². The highest BCUT2D eigenvalue weighted by Crippen LogP contribution is 2.28. The summed E-state index contributed by atoms with van der Waals surface area (Å²) in [5.41, 5.74) is 2.85. The maximum Gasteiger partial charge on any atom is 0.227 e. The van der Waals surface area contributed by atoms with E-state index in [9.17, 15) is 4.79 Å². The molecule has 6 heteroatoms. The zero-order chi connectivity index (χ0) is 24.1. The molecule has 1 aromatic heterocycles. The molecule has 0 radical (unpaired) electrons. The zero-order valence-corrected chi connectivity index (χ0v) is 20.7. The molecule has 2 atom stereocenters. The summed E-state index contributed by atoms with van der Waals surface area (Å²) >= 11 is 0. The summed E-state index contributed by atoms with van der Waals surface area (Å²) in [5.74, 6) is 1.29. The van der Waals surface area contributed by atoms with Crippen molar-refractivity contribution in [2.45, 2.75) is 70.9 Å². The molecule has 34 heavy (non-hydrogen) atoms. The summed E-state index contributed by atoms with van der Waals surface area (Å²) < 4.78 is 7.79. The molecule has 0 aliphatic heterocycles. The van der Waals surface area contributed by atoms with Crippen LogP contribution in [0.15, 0.2) is 60.8 Å². The van der Waals surface area contributed by atoms with Gasteiger partial charge in [-0.05, 0) is 48.9 Å². The Morgan fingerprint density at radius 3 is 2.38 bits per heavy atom. The number of carbonyl (C=O) groups excluding carboxylic acids is 1. The second-order valence-corrected chi connectivity index (χ2v) is 10.4. The lowest BCUT2D eigenvalue weighted by atomic mass is 9.86. The van der Waals surface area contributed by atoms with Crippen molar-refractivity contribution in [1.82, 2.24) is 20.3 Å². The normalized spacial score (nSPS) is 15.9. The van der Waals surface area contributed by atoms with Crippen LogP contribution in [0, 0.1) is 5.92 Å². The van der Waals surface area contributed by atoms with Crippen LogP contribution in [0.25, 0.3) is 0 Å². The number of aromatic nitrogens is 3. The fraction of sp³-hybridized carbons (Fsp3) is 0.464. The molecule has 1 heterocycles. The predicted octanol–water partition coefficient (Wildman–Crippen LogP) is 5.42. The highest BCUT2D eigenvalue weighted by molar-refractivity contribution is 5.83. The smallest absolute Gasteiger partial charge is 0.227 e. The van der Waals surface area contributed by atoms with Crippen molar-refractivity contribution in [3.63, 3.8) is 0 Å². The molecule has 6 nitrogen and oxygen atoms in total. The van der Waals surface area contributed by atoms with Crippen molar-refractivity contribution in [1.29, 1.82) is 0 Å². The quantitative estimate of drug-likeness (QED) is 0.463. The number of amides is 1. The number of rotatable bonds is 9. The Bertz CT molecular complexity index is 1070. The maximum atomic E-state index is 13.2. The van der Waals surface area contributed by atoms with Crippen LogP contribution in [0.2, 0.25) is 0 Å². The lowest BCUT2D eigenvalue weighted by Crippen LogP contribution is -2.34. The van der Waals surface area contributed by atoms with E-state index in [4.69, 9.17) is 4.74 Å². The van der Waals surface area contributed by atoms with Crippen LogP contribution in [0.5, 0.6) is 5.75 Å². The van der Waals surface area contributed by atoms with Crippen LogP contribution >= 0.6 is 0 Å². The molecule has 2 aromatic carbocycles. The summed E-state index contributed by atoms with van der Waals surface area (Å²) in [6, 6.07) is 17.7. The lowest BCUT2D eigenvalue weighted by molar-refractivity contribution is -0.123. The zero-order valence-electron chi connectivity index (χ0n) is 20.7. The number of nitrogens with zero attached hydrogens (tertiary/aromatic N) is 3. The Morgan fingerprint density at radius 1 is 1.09 bits per heavy atom.